The van der Waals surface area contributed by atoms with Crippen LogP contribution in [0, 0.1) is 0 Å². The molecule has 1 aromatic rings. The first-order valence-electron chi connectivity index (χ1n) is 5.47. The molecular formula is C11H17ClN2O3. The average molecular weight is 261 g/mol. The number of carbonyl (C=O) groups excluding carboxylic acids is 1. The number of nitrogens with one attached hydrogen (secondary N) is 1. The van der Waals surface area contributed by atoms with Gasteiger partial charge in [-0.15, -0.1) is 12.4 Å². The standard InChI is InChI=1S/C11H16N2O3.ClH/c12-5-10-4-8(7-16-10)11(14)13-6-9-2-1-3-15-9;/h4,7,9H,1-3,5-6,12H2,(H,13,14);1H. The highest BCUT2D eigenvalue weighted by atomic mass is 35.5. The number of furan rings is 1. The lowest BCUT2D eigenvalue weighted by atomic mass is 10.2. The van der Waals surface area contributed by atoms with Crippen molar-refractivity contribution in [3.8, 4) is 0 Å². The van der Waals surface area contributed by atoms with Crippen molar-refractivity contribution in [2.45, 2.75) is 25.5 Å². The Morgan fingerprint density at radius 1 is 1.59 bits per heavy atom. The van der Waals surface area contributed by atoms with Crippen molar-refractivity contribution in [1.82, 2.24) is 5.32 Å². The number of hydrogen-bond acceptors (Lipinski definition) is 4. The second-order valence-corrected chi connectivity index (χ2v) is 3.85. The van der Waals surface area contributed by atoms with Gasteiger partial charge < -0.3 is 20.2 Å². The molecule has 0 radical (unpaired) electrons. The molecule has 2 rings (SSSR count). The van der Waals surface area contributed by atoms with Crippen molar-refractivity contribution in [2.24, 2.45) is 5.73 Å². The quantitative estimate of drug-likeness (QED) is 0.849. The minimum absolute atomic E-state index is 0. The molecule has 0 saturated carbocycles. The smallest absolute Gasteiger partial charge is 0.254 e. The van der Waals surface area contributed by atoms with Gasteiger partial charge in [-0.3, -0.25) is 4.79 Å². The SMILES string of the molecule is Cl.NCc1cc(C(=O)NCC2CCCO2)co1. The third-order valence-electron chi connectivity index (χ3n) is 2.63. The van der Waals surface area contributed by atoms with Crippen molar-refractivity contribution in [3.05, 3.63) is 23.7 Å². The summed E-state index contributed by atoms with van der Waals surface area (Å²) in [5.41, 5.74) is 5.90. The molecule has 1 fully saturated rings. The maximum Gasteiger partial charge on any atom is 0.254 e. The summed E-state index contributed by atoms with van der Waals surface area (Å²) in [5, 5.41) is 2.81. The number of nitrogens with two attached hydrogens (primary N) is 1. The molecule has 1 aromatic heterocycles. The third kappa shape index (κ3) is 3.73. The van der Waals surface area contributed by atoms with Gasteiger partial charge >= 0.3 is 0 Å². The largest absolute Gasteiger partial charge is 0.467 e. The Morgan fingerprint density at radius 2 is 2.41 bits per heavy atom. The van der Waals surface area contributed by atoms with Crippen molar-refractivity contribution in [2.75, 3.05) is 13.2 Å². The molecule has 0 aromatic carbocycles. The molecule has 1 aliphatic rings. The van der Waals surface area contributed by atoms with Gasteiger partial charge in [-0.05, 0) is 18.9 Å². The molecule has 3 N–H and O–H groups in total. The van der Waals surface area contributed by atoms with E-state index in [2.05, 4.69) is 5.32 Å². The van der Waals surface area contributed by atoms with E-state index in [1.165, 1.54) is 6.26 Å². The molecule has 0 bridgehead atoms. The topological polar surface area (TPSA) is 77.5 Å². The van der Waals surface area contributed by atoms with E-state index >= 15 is 0 Å². The molecule has 1 unspecified atom stereocenters. The predicted molar refractivity (Wildman–Crippen MR) is 65.2 cm³/mol. The normalized spacial score (nSPS) is 18.8. The molecule has 0 aliphatic carbocycles. The van der Waals surface area contributed by atoms with E-state index in [9.17, 15) is 4.79 Å². The number of hydrogen-bond donors (Lipinski definition) is 2. The van der Waals surface area contributed by atoms with Crippen LogP contribution in [-0.4, -0.2) is 25.2 Å². The van der Waals surface area contributed by atoms with E-state index in [-0.39, 0.29) is 24.4 Å². The van der Waals surface area contributed by atoms with Crippen LogP contribution >= 0.6 is 12.4 Å². The third-order valence-corrected chi connectivity index (χ3v) is 2.63. The first-order chi connectivity index (χ1) is 7.79. The van der Waals surface area contributed by atoms with Crippen LogP contribution in [-0.2, 0) is 11.3 Å². The summed E-state index contributed by atoms with van der Waals surface area (Å²) in [4.78, 5) is 11.7. The average Bonchev–Trinajstić information content (AvgIpc) is 2.96. The van der Waals surface area contributed by atoms with Crippen LogP contribution in [0.25, 0.3) is 0 Å². The van der Waals surface area contributed by atoms with Crippen LogP contribution in [0.4, 0.5) is 0 Å². The Labute approximate surface area is 106 Å². The number of rotatable bonds is 4. The van der Waals surface area contributed by atoms with Crippen LogP contribution < -0.4 is 11.1 Å². The Bertz CT molecular complexity index is 361. The molecule has 1 saturated heterocycles. The van der Waals surface area contributed by atoms with Crippen LogP contribution in [0.1, 0.15) is 29.0 Å². The number of carbonyl (C=O) groups is 1. The van der Waals surface area contributed by atoms with Crippen LogP contribution in [0.2, 0.25) is 0 Å². The summed E-state index contributed by atoms with van der Waals surface area (Å²) in [7, 11) is 0. The van der Waals surface area contributed by atoms with Gasteiger partial charge in [0.1, 0.15) is 12.0 Å². The van der Waals surface area contributed by atoms with Gasteiger partial charge in [0.2, 0.25) is 0 Å². The summed E-state index contributed by atoms with van der Waals surface area (Å²) in [5.74, 6) is 0.473. The molecule has 1 aliphatic heterocycles. The lowest BCUT2D eigenvalue weighted by Gasteiger charge is -2.09. The van der Waals surface area contributed by atoms with E-state index in [0.29, 0.717) is 24.4 Å². The monoisotopic (exact) mass is 260 g/mol. The summed E-state index contributed by atoms with van der Waals surface area (Å²) < 4.78 is 10.5. The van der Waals surface area contributed by atoms with Crippen molar-refractivity contribution in [3.63, 3.8) is 0 Å². The van der Waals surface area contributed by atoms with E-state index in [1.807, 2.05) is 0 Å². The van der Waals surface area contributed by atoms with Gasteiger partial charge in [-0.1, -0.05) is 0 Å². The van der Waals surface area contributed by atoms with Gasteiger partial charge in [0.15, 0.2) is 0 Å². The highest BCUT2D eigenvalue weighted by Gasteiger charge is 2.17. The van der Waals surface area contributed by atoms with Crippen molar-refractivity contribution < 1.29 is 13.9 Å². The maximum atomic E-state index is 11.7. The summed E-state index contributed by atoms with van der Waals surface area (Å²) in [6.07, 6.45) is 3.67. The molecule has 1 amide bonds. The molecule has 6 heteroatoms. The fraction of sp³-hybridized carbons (Fsp3) is 0.545. The van der Waals surface area contributed by atoms with Gasteiger partial charge in [-0.2, -0.15) is 0 Å². The highest BCUT2D eigenvalue weighted by molar-refractivity contribution is 5.93. The lowest BCUT2D eigenvalue weighted by molar-refractivity contribution is 0.0857. The first-order valence-corrected chi connectivity index (χ1v) is 5.47. The van der Waals surface area contributed by atoms with E-state index in [4.69, 9.17) is 14.9 Å². The zero-order valence-electron chi connectivity index (χ0n) is 9.48. The highest BCUT2D eigenvalue weighted by Crippen LogP contribution is 2.11. The summed E-state index contributed by atoms with van der Waals surface area (Å²) >= 11 is 0. The second-order valence-electron chi connectivity index (χ2n) is 3.85. The van der Waals surface area contributed by atoms with Gasteiger partial charge in [0, 0.05) is 13.2 Å². The predicted octanol–water partition coefficient (Wildman–Crippen LogP) is 1.07. The number of ether oxygens (including phenoxy) is 1. The van der Waals surface area contributed by atoms with E-state index in [0.717, 1.165) is 19.4 Å². The van der Waals surface area contributed by atoms with Gasteiger partial charge in [0.05, 0.1) is 18.2 Å². The summed E-state index contributed by atoms with van der Waals surface area (Å²) in [6.45, 7) is 1.66. The number of amides is 1. The van der Waals surface area contributed by atoms with Gasteiger partial charge in [-0.25, -0.2) is 0 Å². The summed E-state index contributed by atoms with van der Waals surface area (Å²) in [6, 6.07) is 1.66. The Kier molecular flexibility index (Phi) is 5.47. The molecule has 5 nitrogen and oxygen atoms in total. The van der Waals surface area contributed by atoms with Gasteiger partial charge in [0.25, 0.3) is 5.91 Å². The minimum atomic E-state index is -0.140. The Morgan fingerprint density at radius 3 is 3.00 bits per heavy atom. The fourth-order valence-electron chi connectivity index (χ4n) is 1.72. The molecule has 0 spiro atoms. The zero-order chi connectivity index (χ0) is 11.4. The molecule has 96 valence electrons. The van der Waals surface area contributed by atoms with Crippen molar-refractivity contribution in [1.29, 1.82) is 0 Å². The van der Waals surface area contributed by atoms with Crippen LogP contribution in [0.3, 0.4) is 0 Å². The fourth-order valence-corrected chi connectivity index (χ4v) is 1.72. The van der Waals surface area contributed by atoms with E-state index < -0.39 is 0 Å². The molecule has 2 heterocycles. The van der Waals surface area contributed by atoms with E-state index in [1.54, 1.807) is 6.07 Å². The first kappa shape index (κ1) is 14.0. The lowest BCUT2D eigenvalue weighted by Crippen LogP contribution is -2.31. The van der Waals surface area contributed by atoms with Crippen molar-refractivity contribution >= 4 is 18.3 Å². The maximum absolute atomic E-state index is 11.7. The zero-order valence-corrected chi connectivity index (χ0v) is 10.3. The molecule has 1 atom stereocenters. The molecule has 17 heavy (non-hydrogen) atoms. The Balaban J connectivity index is 0.00000144. The minimum Gasteiger partial charge on any atom is -0.467 e. The van der Waals surface area contributed by atoms with Crippen LogP contribution in [0.15, 0.2) is 16.7 Å². The second kappa shape index (κ2) is 6.64. The number of halogens is 1. The Hall–Kier alpha value is -1.04. The van der Waals surface area contributed by atoms with Crippen LogP contribution in [0.5, 0.6) is 0 Å². The molecular weight excluding hydrogens is 244 g/mol.